The molecule has 102 valence electrons. The van der Waals surface area contributed by atoms with Gasteiger partial charge in [-0.15, -0.1) is 0 Å². The Bertz CT molecular complexity index is 596. The van der Waals surface area contributed by atoms with Gasteiger partial charge in [-0.3, -0.25) is 4.68 Å². The molecule has 1 heterocycles. The van der Waals surface area contributed by atoms with Gasteiger partial charge in [-0.25, -0.2) is 4.39 Å². The molecule has 0 spiro atoms. The summed E-state index contributed by atoms with van der Waals surface area (Å²) in [6, 6.07) is 4.87. The lowest BCUT2D eigenvalue weighted by molar-refractivity contribution is 0.621. The molecule has 2 rings (SSSR count). The van der Waals surface area contributed by atoms with E-state index in [1.165, 1.54) is 6.07 Å². The normalized spacial score (nSPS) is 10.8. The van der Waals surface area contributed by atoms with Crippen molar-refractivity contribution in [1.29, 1.82) is 0 Å². The molecule has 0 saturated carbocycles. The minimum absolute atomic E-state index is 0.263. The molecule has 0 fully saturated rings. The first kappa shape index (κ1) is 14.5. The summed E-state index contributed by atoms with van der Waals surface area (Å²) < 4.78 is 16.5. The molecule has 0 aliphatic heterocycles. The van der Waals surface area contributed by atoms with E-state index in [-0.39, 0.29) is 5.82 Å². The third-order valence-electron chi connectivity index (χ3n) is 2.88. The van der Waals surface area contributed by atoms with Crippen molar-refractivity contribution in [1.82, 2.24) is 9.78 Å². The number of rotatable bonds is 4. The molecular formula is C13H14Br2FN3. The summed E-state index contributed by atoms with van der Waals surface area (Å²) in [7, 11) is 1.92. The second kappa shape index (κ2) is 6.05. The predicted molar refractivity (Wildman–Crippen MR) is 81.7 cm³/mol. The number of halogens is 3. The number of anilines is 1. The first-order chi connectivity index (χ1) is 9.02. The van der Waals surface area contributed by atoms with Crippen molar-refractivity contribution in [3.05, 3.63) is 44.3 Å². The molecule has 19 heavy (non-hydrogen) atoms. The molecule has 0 amide bonds. The van der Waals surface area contributed by atoms with Gasteiger partial charge >= 0.3 is 0 Å². The van der Waals surface area contributed by atoms with Crippen LogP contribution in [0.1, 0.15) is 18.3 Å². The largest absolute Gasteiger partial charge is 0.379 e. The number of nitrogens with zero attached hydrogens (tertiary/aromatic N) is 2. The van der Waals surface area contributed by atoms with Crippen molar-refractivity contribution in [2.24, 2.45) is 7.05 Å². The lowest BCUT2D eigenvalue weighted by atomic mass is 10.3. The maximum absolute atomic E-state index is 13.1. The van der Waals surface area contributed by atoms with Gasteiger partial charge in [0, 0.05) is 12.7 Å². The summed E-state index contributed by atoms with van der Waals surface area (Å²) in [4.78, 5) is 0. The number of aryl methyl sites for hydroxylation is 2. The molecule has 0 saturated heterocycles. The van der Waals surface area contributed by atoms with Crippen LogP contribution in [0.4, 0.5) is 10.1 Å². The first-order valence-electron chi connectivity index (χ1n) is 5.92. The molecule has 6 heteroatoms. The van der Waals surface area contributed by atoms with E-state index < -0.39 is 0 Å². The number of benzene rings is 1. The molecule has 0 unspecified atom stereocenters. The molecular weight excluding hydrogens is 377 g/mol. The van der Waals surface area contributed by atoms with E-state index in [2.05, 4.69) is 49.2 Å². The Labute approximate surface area is 128 Å². The van der Waals surface area contributed by atoms with Crippen LogP contribution in [0.2, 0.25) is 0 Å². The maximum Gasteiger partial charge on any atom is 0.137 e. The molecule has 0 bridgehead atoms. The Kier molecular flexibility index (Phi) is 4.62. The van der Waals surface area contributed by atoms with Crippen LogP contribution < -0.4 is 5.32 Å². The molecule has 1 aromatic heterocycles. The topological polar surface area (TPSA) is 29.9 Å². The van der Waals surface area contributed by atoms with Gasteiger partial charge in [0.2, 0.25) is 0 Å². The van der Waals surface area contributed by atoms with Crippen molar-refractivity contribution in [3.63, 3.8) is 0 Å². The molecule has 0 aliphatic carbocycles. The SMILES string of the molecule is CCc1nn(C)c(CNc2ccc(F)c(Br)c2)c1Br. The monoisotopic (exact) mass is 389 g/mol. The highest BCUT2D eigenvalue weighted by atomic mass is 79.9. The molecule has 0 radical (unpaired) electrons. The zero-order chi connectivity index (χ0) is 14.0. The maximum atomic E-state index is 13.1. The number of nitrogens with one attached hydrogen (secondary N) is 1. The Morgan fingerprint density at radius 2 is 2.11 bits per heavy atom. The lowest BCUT2D eigenvalue weighted by Gasteiger charge is -2.08. The van der Waals surface area contributed by atoms with E-state index in [4.69, 9.17) is 0 Å². The van der Waals surface area contributed by atoms with Gasteiger partial charge in [0.05, 0.1) is 26.9 Å². The summed E-state index contributed by atoms with van der Waals surface area (Å²) in [5.74, 6) is -0.263. The van der Waals surface area contributed by atoms with Gasteiger partial charge < -0.3 is 5.32 Å². The zero-order valence-corrected chi connectivity index (χ0v) is 13.8. The Balaban J connectivity index is 2.14. The van der Waals surface area contributed by atoms with Crippen LogP contribution in [-0.2, 0) is 20.0 Å². The fraction of sp³-hybridized carbons (Fsp3) is 0.308. The highest BCUT2D eigenvalue weighted by Gasteiger charge is 2.12. The number of hydrogen-bond donors (Lipinski definition) is 1. The number of aromatic nitrogens is 2. The predicted octanol–water partition coefficient (Wildman–Crippen LogP) is 4.26. The smallest absolute Gasteiger partial charge is 0.137 e. The Morgan fingerprint density at radius 1 is 1.37 bits per heavy atom. The van der Waals surface area contributed by atoms with Crippen LogP contribution in [0.5, 0.6) is 0 Å². The van der Waals surface area contributed by atoms with Gasteiger partial charge in [0.25, 0.3) is 0 Å². The third-order valence-corrected chi connectivity index (χ3v) is 4.41. The van der Waals surface area contributed by atoms with E-state index in [0.29, 0.717) is 11.0 Å². The Morgan fingerprint density at radius 3 is 2.68 bits per heavy atom. The summed E-state index contributed by atoms with van der Waals surface area (Å²) in [5.41, 5.74) is 2.97. The minimum Gasteiger partial charge on any atom is -0.379 e. The molecule has 0 atom stereocenters. The van der Waals surface area contributed by atoms with Gasteiger partial charge in [-0.05, 0) is 56.5 Å². The van der Waals surface area contributed by atoms with Crippen molar-refractivity contribution < 1.29 is 4.39 Å². The molecule has 3 nitrogen and oxygen atoms in total. The van der Waals surface area contributed by atoms with E-state index >= 15 is 0 Å². The van der Waals surface area contributed by atoms with Crippen LogP contribution in [0, 0.1) is 5.82 Å². The van der Waals surface area contributed by atoms with E-state index in [1.54, 1.807) is 12.1 Å². The van der Waals surface area contributed by atoms with Crippen LogP contribution in [0.25, 0.3) is 0 Å². The second-order valence-electron chi connectivity index (χ2n) is 4.17. The summed E-state index contributed by atoms with van der Waals surface area (Å²) >= 11 is 6.74. The zero-order valence-electron chi connectivity index (χ0n) is 10.7. The first-order valence-corrected chi connectivity index (χ1v) is 7.50. The van der Waals surface area contributed by atoms with Crippen molar-refractivity contribution >= 4 is 37.5 Å². The molecule has 2 aromatic rings. The van der Waals surface area contributed by atoms with Crippen LogP contribution in [0.3, 0.4) is 0 Å². The summed E-state index contributed by atoms with van der Waals surface area (Å²) in [6.45, 7) is 2.70. The highest BCUT2D eigenvalue weighted by Crippen LogP contribution is 2.24. The highest BCUT2D eigenvalue weighted by molar-refractivity contribution is 9.10. The van der Waals surface area contributed by atoms with Crippen LogP contribution in [0.15, 0.2) is 27.1 Å². The average molecular weight is 391 g/mol. The summed E-state index contributed by atoms with van der Waals surface area (Å²) in [5, 5.41) is 7.69. The molecule has 1 N–H and O–H groups in total. The fourth-order valence-electron chi connectivity index (χ4n) is 1.80. The van der Waals surface area contributed by atoms with Gasteiger partial charge in [0.1, 0.15) is 5.82 Å². The van der Waals surface area contributed by atoms with Crippen LogP contribution in [-0.4, -0.2) is 9.78 Å². The minimum atomic E-state index is -0.263. The van der Waals surface area contributed by atoms with E-state index in [9.17, 15) is 4.39 Å². The van der Waals surface area contributed by atoms with Gasteiger partial charge in [-0.1, -0.05) is 6.92 Å². The standard InChI is InChI=1S/C13H14Br2FN3/c1-3-11-13(15)12(19(2)18-11)7-17-8-4-5-10(16)9(14)6-8/h4-6,17H,3,7H2,1-2H3. The molecule has 1 aromatic carbocycles. The third kappa shape index (κ3) is 3.17. The average Bonchev–Trinajstić information content (AvgIpc) is 2.66. The van der Waals surface area contributed by atoms with E-state index in [1.807, 2.05) is 11.7 Å². The van der Waals surface area contributed by atoms with Gasteiger partial charge in [-0.2, -0.15) is 5.10 Å². The quantitative estimate of drug-likeness (QED) is 0.845. The van der Waals surface area contributed by atoms with Crippen molar-refractivity contribution in [2.45, 2.75) is 19.9 Å². The number of hydrogen-bond acceptors (Lipinski definition) is 2. The van der Waals surface area contributed by atoms with Crippen molar-refractivity contribution in [3.8, 4) is 0 Å². The molecule has 0 aliphatic rings. The van der Waals surface area contributed by atoms with Gasteiger partial charge in [0.15, 0.2) is 0 Å². The second-order valence-corrected chi connectivity index (χ2v) is 5.81. The van der Waals surface area contributed by atoms with Crippen LogP contribution >= 0.6 is 31.9 Å². The lowest BCUT2D eigenvalue weighted by Crippen LogP contribution is -2.06. The fourth-order valence-corrected chi connectivity index (χ4v) is 2.94. The summed E-state index contributed by atoms with van der Waals surface area (Å²) in [6.07, 6.45) is 0.885. The Hall–Kier alpha value is -0.880. The van der Waals surface area contributed by atoms with E-state index in [0.717, 1.165) is 28.0 Å². The van der Waals surface area contributed by atoms with Crippen molar-refractivity contribution in [2.75, 3.05) is 5.32 Å².